The number of nitrogens with zero attached hydrogens (tertiary/aromatic N) is 1. The minimum absolute atomic E-state index is 0.121. The van der Waals surface area contributed by atoms with Gasteiger partial charge in [0, 0.05) is 22.5 Å². The number of rotatable bonds is 2. The highest BCUT2D eigenvalue weighted by molar-refractivity contribution is 6.32. The van der Waals surface area contributed by atoms with E-state index in [0.29, 0.717) is 23.1 Å². The Hall–Kier alpha value is -2.59. The van der Waals surface area contributed by atoms with Gasteiger partial charge in [0.2, 0.25) is 5.91 Å². The van der Waals surface area contributed by atoms with E-state index in [9.17, 15) is 4.79 Å². The van der Waals surface area contributed by atoms with Gasteiger partial charge in [-0.1, -0.05) is 48.0 Å². The second kappa shape index (κ2) is 5.56. The number of amides is 1. The van der Waals surface area contributed by atoms with Crippen molar-refractivity contribution >= 4 is 34.0 Å². The SMILES string of the molecule is O=C(Nc1cncc2ccccc12)C1COc2c(Cl)cccc21. The first-order valence-electron chi connectivity index (χ1n) is 7.29. The summed E-state index contributed by atoms with van der Waals surface area (Å²) in [7, 11) is 0. The van der Waals surface area contributed by atoms with E-state index in [0.717, 1.165) is 16.3 Å². The summed E-state index contributed by atoms with van der Waals surface area (Å²) in [5.41, 5.74) is 1.52. The van der Waals surface area contributed by atoms with Crippen LogP contribution in [0.4, 0.5) is 5.69 Å². The Bertz CT molecular complexity index is 905. The maximum absolute atomic E-state index is 12.7. The van der Waals surface area contributed by atoms with E-state index in [2.05, 4.69) is 10.3 Å². The molecule has 114 valence electrons. The lowest BCUT2D eigenvalue weighted by Crippen LogP contribution is -2.22. The normalized spacial score (nSPS) is 16.0. The number of carbonyl (C=O) groups excluding carboxylic acids is 1. The van der Waals surface area contributed by atoms with E-state index >= 15 is 0 Å². The number of benzene rings is 2. The van der Waals surface area contributed by atoms with E-state index in [1.165, 1.54) is 0 Å². The van der Waals surface area contributed by atoms with Crippen LogP contribution in [0.1, 0.15) is 11.5 Å². The zero-order valence-corrected chi connectivity index (χ0v) is 12.9. The molecule has 0 spiro atoms. The summed E-state index contributed by atoms with van der Waals surface area (Å²) in [6, 6.07) is 13.3. The smallest absolute Gasteiger partial charge is 0.235 e. The first-order valence-corrected chi connectivity index (χ1v) is 7.66. The highest BCUT2D eigenvalue weighted by atomic mass is 35.5. The number of carbonyl (C=O) groups is 1. The lowest BCUT2D eigenvalue weighted by molar-refractivity contribution is -0.117. The molecule has 1 amide bonds. The molecule has 3 aromatic rings. The largest absolute Gasteiger partial charge is 0.491 e. The Labute approximate surface area is 138 Å². The van der Waals surface area contributed by atoms with E-state index < -0.39 is 0 Å². The van der Waals surface area contributed by atoms with Crippen LogP contribution in [0.3, 0.4) is 0 Å². The van der Waals surface area contributed by atoms with Crippen molar-refractivity contribution in [3.05, 3.63) is 65.4 Å². The van der Waals surface area contributed by atoms with Gasteiger partial charge in [-0.05, 0) is 6.07 Å². The molecule has 23 heavy (non-hydrogen) atoms. The fourth-order valence-corrected chi connectivity index (χ4v) is 3.10. The second-order valence-electron chi connectivity index (χ2n) is 5.42. The molecule has 1 N–H and O–H groups in total. The van der Waals surface area contributed by atoms with Crippen molar-refractivity contribution in [2.75, 3.05) is 11.9 Å². The van der Waals surface area contributed by atoms with Crippen LogP contribution < -0.4 is 10.1 Å². The van der Waals surface area contributed by atoms with E-state index in [4.69, 9.17) is 16.3 Å². The summed E-state index contributed by atoms with van der Waals surface area (Å²) in [6.07, 6.45) is 3.44. The number of anilines is 1. The molecule has 0 radical (unpaired) electrons. The van der Waals surface area contributed by atoms with Crippen molar-refractivity contribution in [2.45, 2.75) is 5.92 Å². The predicted octanol–water partition coefficient (Wildman–Crippen LogP) is 4.00. The number of aromatic nitrogens is 1. The Morgan fingerprint density at radius 1 is 1.17 bits per heavy atom. The average molecular weight is 325 g/mol. The van der Waals surface area contributed by atoms with E-state index in [1.54, 1.807) is 18.5 Å². The molecule has 1 unspecified atom stereocenters. The molecule has 0 saturated heterocycles. The fraction of sp³-hybridized carbons (Fsp3) is 0.111. The van der Waals surface area contributed by atoms with Crippen LogP contribution in [0, 0.1) is 0 Å². The molecule has 1 aliphatic heterocycles. The van der Waals surface area contributed by atoms with Gasteiger partial charge in [0.1, 0.15) is 18.3 Å². The third kappa shape index (κ3) is 2.41. The third-order valence-corrected chi connectivity index (χ3v) is 4.31. The van der Waals surface area contributed by atoms with Crippen LogP contribution in [0.2, 0.25) is 5.02 Å². The number of pyridine rings is 1. The van der Waals surface area contributed by atoms with Crippen molar-refractivity contribution in [3.8, 4) is 5.75 Å². The highest BCUT2D eigenvalue weighted by Gasteiger charge is 2.31. The number of hydrogen-bond acceptors (Lipinski definition) is 3. The number of halogens is 1. The number of ether oxygens (including phenoxy) is 1. The van der Waals surface area contributed by atoms with Gasteiger partial charge >= 0.3 is 0 Å². The summed E-state index contributed by atoms with van der Waals surface area (Å²) >= 11 is 6.11. The Morgan fingerprint density at radius 3 is 2.96 bits per heavy atom. The maximum Gasteiger partial charge on any atom is 0.235 e. The molecule has 4 nitrogen and oxygen atoms in total. The molecule has 0 saturated carbocycles. The Kier molecular flexibility index (Phi) is 3.39. The second-order valence-corrected chi connectivity index (χ2v) is 5.83. The summed E-state index contributed by atoms with van der Waals surface area (Å²) in [4.78, 5) is 16.9. The first kappa shape index (κ1) is 14.0. The maximum atomic E-state index is 12.7. The average Bonchev–Trinajstić information content (AvgIpc) is 3.01. The van der Waals surface area contributed by atoms with Gasteiger partial charge in [-0.3, -0.25) is 9.78 Å². The van der Waals surface area contributed by atoms with Crippen molar-refractivity contribution in [3.63, 3.8) is 0 Å². The number of hydrogen-bond donors (Lipinski definition) is 1. The van der Waals surface area contributed by atoms with Crippen LogP contribution >= 0.6 is 11.6 Å². The molecular formula is C18H13ClN2O2. The summed E-state index contributed by atoms with van der Waals surface area (Å²) in [6.45, 7) is 0.295. The zero-order chi connectivity index (χ0) is 15.8. The molecule has 0 bridgehead atoms. The summed E-state index contributed by atoms with van der Waals surface area (Å²) < 4.78 is 5.58. The van der Waals surface area contributed by atoms with Gasteiger partial charge in [-0.2, -0.15) is 0 Å². The number of fused-ring (bicyclic) bond motifs is 2. The first-order chi connectivity index (χ1) is 11.2. The van der Waals surface area contributed by atoms with Crippen molar-refractivity contribution in [2.24, 2.45) is 0 Å². The predicted molar refractivity (Wildman–Crippen MR) is 90.1 cm³/mol. The molecule has 0 fully saturated rings. The van der Waals surface area contributed by atoms with Crippen LogP contribution in [0.15, 0.2) is 54.9 Å². The molecule has 2 aromatic carbocycles. The molecule has 1 atom stereocenters. The van der Waals surface area contributed by atoms with Crippen LogP contribution in [0.5, 0.6) is 5.75 Å². The van der Waals surface area contributed by atoms with Crippen LogP contribution in [0.25, 0.3) is 10.8 Å². The number of para-hydroxylation sites is 1. The third-order valence-electron chi connectivity index (χ3n) is 4.01. The van der Waals surface area contributed by atoms with Gasteiger partial charge in [-0.15, -0.1) is 0 Å². The molecule has 2 heterocycles. The molecular weight excluding hydrogens is 312 g/mol. The Balaban J connectivity index is 1.66. The number of nitrogens with one attached hydrogen (secondary N) is 1. The zero-order valence-electron chi connectivity index (χ0n) is 12.1. The lowest BCUT2D eigenvalue weighted by Gasteiger charge is -2.12. The van der Waals surface area contributed by atoms with Crippen LogP contribution in [-0.2, 0) is 4.79 Å². The standard InChI is InChI=1S/C18H13ClN2O2/c19-15-7-3-6-13-14(10-23-17(13)15)18(22)21-16-9-20-8-11-4-1-2-5-12(11)16/h1-9,14H,10H2,(H,21,22). The van der Waals surface area contributed by atoms with Gasteiger partial charge in [0.05, 0.1) is 16.9 Å². The van der Waals surface area contributed by atoms with Crippen molar-refractivity contribution < 1.29 is 9.53 Å². The summed E-state index contributed by atoms with van der Waals surface area (Å²) in [5, 5.41) is 5.44. The van der Waals surface area contributed by atoms with Gasteiger partial charge in [0.25, 0.3) is 0 Å². The molecule has 5 heteroatoms. The van der Waals surface area contributed by atoms with E-state index in [-0.39, 0.29) is 11.8 Å². The minimum Gasteiger partial charge on any atom is -0.491 e. The highest BCUT2D eigenvalue weighted by Crippen LogP contribution is 2.39. The topological polar surface area (TPSA) is 51.2 Å². The van der Waals surface area contributed by atoms with Gasteiger partial charge in [-0.25, -0.2) is 0 Å². The molecule has 1 aromatic heterocycles. The van der Waals surface area contributed by atoms with Crippen LogP contribution in [-0.4, -0.2) is 17.5 Å². The quantitative estimate of drug-likeness (QED) is 0.775. The van der Waals surface area contributed by atoms with Crippen molar-refractivity contribution in [1.29, 1.82) is 0 Å². The molecule has 4 rings (SSSR count). The minimum atomic E-state index is -0.373. The Morgan fingerprint density at radius 2 is 2.04 bits per heavy atom. The van der Waals surface area contributed by atoms with Crippen molar-refractivity contribution in [1.82, 2.24) is 4.98 Å². The fourth-order valence-electron chi connectivity index (χ4n) is 2.86. The molecule has 0 aliphatic carbocycles. The van der Waals surface area contributed by atoms with Gasteiger partial charge in [0.15, 0.2) is 0 Å². The monoisotopic (exact) mass is 324 g/mol. The molecule has 1 aliphatic rings. The summed E-state index contributed by atoms with van der Waals surface area (Å²) in [5.74, 6) is 0.109. The van der Waals surface area contributed by atoms with E-state index in [1.807, 2.05) is 36.4 Å². The lowest BCUT2D eigenvalue weighted by atomic mass is 10.0. The van der Waals surface area contributed by atoms with Gasteiger partial charge < -0.3 is 10.1 Å².